The molecule has 316 valence electrons. The number of nitrogens with zero attached hydrogens (tertiary/aromatic N) is 7. The van der Waals surface area contributed by atoms with E-state index in [-0.39, 0.29) is 74.9 Å². The van der Waals surface area contributed by atoms with Crippen LogP contribution in [0.4, 0.5) is 29.1 Å². The van der Waals surface area contributed by atoms with Crippen molar-refractivity contribution < 1.29 is 35.5 Å². The molecule has 60 heavy (non-hydrogen) atoms. The van der Waals surface area contributed by atoms with Crippen molar-refractivity contribution >= 4 is 60.8 Å². The second-order valence-electron chi connectivity index (χ2n) is 15.4. The number of amides is 1. The Bertz CT molecular complexity index is 2780. The number of hydrogen-bond acceptors (Lipinski definition) is 9. The van der Waals surface area contributed by atoms with Crippen molar-refractivity contribution in [3.8, 4) is 5.69 Å². The van der Waals surface area contributed by atoms with Crippen molar-refractivity contribution in [2.45, 2.75) is 76.8 Å². The van der Waals surface area contributed by atoms with E-state index in [1.807, 2.05) is 19.9 Å². The fourth-order valence-corrected chi connectivity index (χ4v) is 8.55. The van der Waals surface area contributed by atoms with E-state index in [4.69, 9.17) is 21.3 Å². The Hall–Kier alpha value is -5.53. The van der Waals surface area contributed by atoms with Crippen molar-refractivity contribution in [2.75, 3.05) is 29.0 Å². The van der Waals surface area contributed by atoms with Crippen molar-refractivity contribution in [3.05, 3.63) is 105 Å². The average molecular weight is 870 g/mol. The summed E-state index contributed by atoms with van der Waals surface area (Å²) in [4.78, 5) is 36.1. The lowest BCUT2D eigenvalue weighted by Crippen LogP contribution is -2.45. The third-order valence-electron chi connectivity index (χ3n) is 10.3. The van der Waals surface area contributed by atoms with E-state index in [2.05, 4.69) is 25.1 Å². The van der Waals surface area contributed by atoms with Crippen LogP contribution in [0.2, 0.25) is 5.02 Å². The number of ether oxygens (including phenoxy) is 1. The lowest BCUT2D eigenvalue weighted by atomic mass is 10.0. The van der Waals surface area contributed by atoms with Gasteiger partial charge in [-0.05, 0) is 80.8 Å². The first-order valence-corrected chi connectivity index (χ1v) is 21.5. The molecule has 3 aromatic heterocycles. The third-order valence-corrected chi connectivity index (χ3v) is 11.2. The normalized spacial score (nSPS) is 17.8. The Kier molecular flexibility index (Phi) is 11.1. The molecule has 1 aliphatic heterocycles. The Balaban J connectivity index is 1.36. The van der Waals surface area contributed by atoms with E-state index in [0.29, 0.717) is 25.1 Å². The number of carbonyl (C=O) groups is 1. The minimum absolute atomic E-state index is 0.0766. The monoisotopic (exact) mass is 869 g/mol. The predicted octanol–water partition coefficient (Wildman–Crippen LogP) is 6.09. The summed E-state index contributed by atoms with van der Waals surface area (Å²) in [6.45, 7) is 3.68. The number of hydrogen-bond donors (Lipinski definition) is 2. The fourth-order valence-electron chi connectivity index (χ4n) is 7.82. The van der Waals surface area contributed by atoms with Crippen LogP contribution in [0, 0.1) is 11.6 Å². The molecule has 1 saturated carbocycles. The number of rotatable bonds is 13. The number of benzene rings is 3. The molecule has 0 spiro atoms. The van der Waals surface area contributed by atoms with E-state index < -0.39 is 52.1 Å². The van der Waals surface area contributed by atoms with Crippen LogP contribution >= 0.6 is 11.6 Å². The smallest absolute Gasteiger partial charge is 0.266 e. The first-order valence-electron chi connectivity index (χ1n) is 19.2. The molecule has 20 heteroatoms. The summed E-state index contributed by atoms with van der Waals surface area (Å²) in [6.07, 6.45) is 1.02. The second-order valence-corrected chi connectivity index (χ2v) is 17.5. The van der Waals surface area contributed by atoms with Gasteiger partial charge in [-0.3, -0.25) is 28.2 Å². The molecule has 14 nitrogen and oxygen atoms in total. The van der Waals surface area contributed by atoms with E-state index >= 15 is 4.79 Å². The summed E-state index contributed by atoms with van der Waals surface area (Å²) in [5.74, 6) is -2.55. The van der Waals surface area contributed by atoms with Crippen molar-refractivity contribution in [1.82, 2.24) is 34.4 Å². The lowest BCUT2D eigenvalue weighted by Gasteiger charge is -2.37. The summed E-state index contributed by atoms with van der Waals surface area (Å²) in [7, 11) is -4.02. The van der Waals surface area contributed by atoms with Gasteiger partial charge >= 0.3 is 0 Å². The summed E-state index contributed by atoms with van der Waals surface area (Å²) < 4.78 is 94.3. The summed E-state index contributed by atoms with van der Waals surface area (Å²) in [6, 6.07) is 11.2. The van der Waals surface area contributed by atoms with Gasteiger partial charge < -0.3 is 15.0 Å². The first kappa shape index (κ1) is 41.2. The highest BCUT2D eigenvalue weighted by atomic mass is 35.5. The van der Waals surface area contributed by atoms with E-state index in [1.165, 1.54) is 16.8 Å². The van der Waals surface area contributed by atoms with Gasteiger partial charge in [0, 0.05) is 43.4 Å². The lowest BCUT2D eigenvalue weighted by molar-refractivity contribution is -0.122. The summed E-state index contributed by atoms with van der Waals surface area (Å²) in [5.41, 5.74) is 0.910. The molecule has 8 rings (SSSR count). The zero-order valence-corrected chi connectivity index (χ0v) is 34.2. The highest BCUT2D eigenvalue weighted by molar-refractivity contribution is 7.92. The molecule has 3 atom stereocenters. The Morgan fingerprint density at radius 2 is 1.72 bits per heavy atom. The highest BCUT2D eigenvalue weighted by Gasteiger charge is 2.30. The number of aromatic nitrogens is 6. The van der Waals surface area contributed by atoms with Crippen LogP contribution in [-0.4, -0.2) is 81.4 Å². The minimum Gasteiger partial charge on any atom is -0.372 e. The molecular formula is C40H40ClF4N9O5S. The molecule has 0 radical (unpaired) electrons. The maximum Gasteiger partial charge on any atom is 0.266 e. The van der Waals surface area contributed by atoms with Gasteiger partial charge in [0.05, 0.1) is 62.7 Å². The number of morpholine rings is 1. The van der Waals surface area contributed by atoms with Crippen LogP contribution in [0.1, 0.15) is 55.7 Å². The van der Waals surface area contributed by atoms with Crippen molar-refractivity contribution in [3.63, 3.8) is 0 Å². The molecule has 0 bridgehead atoms. The molecular weight excluding hydrogens is 830 g/mol. The van der Waals surface area contributed by atoms with Gasteiger partial charge in [-0.2, -0.15) is 10.2 Å². The number of carbonyl (C=O) groups excluding carboxylic acids is 1. The summed E-state index contributed by atoms with van der Waals surface area (Å²) >= 11 is 6.63. The van der Waals surface area contributed by atoms with Gasteiger partial charge in [0.2, 0.25) is 15.9 Å². The molecule has 3 aromatic carbocycles. The fraction of sp³-hybridized carbons (Fsp3) is 0.375. The zero-order valence-electron chi connectivity index (χ0n) is 32.6. The third kappa shape index (κ3) is 8.83. The standard InChI is InChI=1S/C40H40ClF4N9O5S/c1-21-17-51(18-22(2)59-21)27-6-7-28-31(16-27)47-39(32(14-23-12-25(42)15-26(43)13-23)46-35(55)20-52-11-10-30(48-52)24-4-5-24)54(40(28)56)33-9-8-29(41)36-37(33)53(19-34(44)45)49-38(36)50-60(3,57)58/h6-13,15-16,21-22,24,32,34H,4-5,14,17-20H2,1-3H3,(H,46,55)(H,49,50)/t21-,22+,32-/m0/s1. The minimum atomic E-state index is -4.02. The van der Waals surface area contributed by atoms with Crippen LogP contribution in [0.15, 0.2) is 65.6 Å². The Morgan fingerprint density at radius 3 is 2.38 bits per heavy atom. The SMILES string of the molecule is C[C@@H]1CN(c2ccc3c(=O)n(-c4ccc(Cl)c5c(NS(C)(=O)=O)nn(CC(F)F)c45)c([C@H](Cc4cc(F)cc(F)c4)NC(=O)Cn4ccc(C5CC5)n4)nc3c2)C[C@H](C)O1. The van der Waals surface area contributed by atoms with Gasteiger partial charge in [-0.1, -0.05) is 11.6 Å². The highest BCUT2D eigenvalue weighted by Crippen LogP contribution is 2.39. The number of anilines is 2. The first-order chi connectivity index (χ1) is 28.5. The molecule has 2 aliphatic rings. The van der Waals surface area contributed by atoms with Crippen LogP contribution in [-0.2, 0) is 39.1 Å². The molecule has 6 aromatic rings. The molecule has 0 unspecified atom stereocenters. The summed E-state index contributed by atoms with van der Waals surface area (Å²) in [5, 5.41) is 11.5. The van der Waals surface area contributed by atoms with Gasteiger partial charge in [-0.15, -0.1) is 0 Å². The molecule has 1 saturated heterocycles. The molecule has 1 aliphatic carbocycles. The number of alkyl halides is 2. The van der Waals surface area contributed by atoms with E-state index in [0.717, 1.165) is 51.9 Å². The molecule has 2 fully saturated rings. The van der Waals surface area contributed by atoms with E-state index in [9.17, 15) is 30.8 Å². The number of fused-ring (bicyclic) bond motifs is 2. The van der Waals surface area contributed by atoms with Gasteiger partial charge in [0.15, 0.2) is 5.82 Å². The Labute approximate surface area is 346 Å². The van der Waals surface area contributed by atoms with Crippen LogP contribution in [0.25, 0.3) is 27.5 Å². The number of nitrogens with one attached hydrogen (secondary N) is 2. The Morgan fingerprint density at radius 1 is 1.00 bits per heavy atom. The second kappa shape index (κ2) is 16.2. The van der Waals surface area contributed by atoms with Gasteiger partial charge in [-0.25, -0.2) is 31.0 Å². The predicted molar refractivity (Wildman–Crippen MR) is 217 cm³/mol. The zero-order chi connectivity index (χ0) is 42.6. The maximum absolute atomic E-state index is 15.1. The van der Waals surface area contributed by atoms with E-state index in [1.54, 1.807) is 24.4 Å². The quantitative estimate of drug-likeness (QED) is 0.131. The van der Waals surface area contributed by atoms with Crippen molar-refractivity contribution in [2.24, 2.45) is 0 Å². The largest absolute Gasteiger partial charge is 0.372 e. The maximum atomic E-state index is 15.1. The van der Waals surface area contributed by atoms with Gasteiger partial charge in [0.25, 0.3) is 12.0 Å². The number of halogens is 5. The number of sulfonamides is 1. The average Bonchev–Trinajstić information content (AvgIpc) is 3.80. The topological polar surface area (TPSA) is 158 Å². The molecule has 4 heterocycles. The van der Waals surface area contributed by atoms with Crippen LogP contribution in [0.3, 0.4) is 0 Å². The molecule has 2 N–H and O–H groups in total. The van der Waals surface area contributed by atoms with Gasteiger partial charge in [0.1, 0.15) is 30.5 Å². The van der Waals surface area contributed by atoms with Crippen LogP contribution < -0.4 is 20.5 Å². The molecule has 1 amide bonds. The van der Waals surface area contributed by atoms with Crippen LogP contribution in [0.5, 0.6) is 0 Å². The van der Waals surface area contributed by atoms with Crippen molar-refractivity contribution in [1.29, 1.82) is 0 Å².